The molecule has 7 nitrogen and oxygen atoms in total. The molecule has 0 aliphatic carbocycles. The second-order valence-corrected chi connectivity index (χ2v) is 9.03. The predicted octanol–water partition coefficient (Wildman–Crippen LogP) is 4.27. The van der Waals surface area contributed by atoms with Crippen molar-refractivity contribution in [1.82, 2.24) is 9.10 Å². The summed E-state index contributed by atoms with van der Waals surface area (Å²) in [5, 5.41) is 3.93. The molecule has 4 rings (SSSR count). The van der Waals surface area contributed by atoms with Crippen molar-refractivity contribution in [2.24, 2.45) is 0 Å². The zero-order valence-corrected chi connectivity index (χ0v) is 17.1. The molecule has 0 aliphatic rings. The summed E-state index contributed by atoms with van der Waals surface area (Å²) < 4.78 is 36.5. The molecule has 4 aromatic rings. The van der Waals surface area contributed by atoms with Gasteiger partial charge in [-0.15, -0.1) is 0 Å². The fourth-order valence-corrected chi connectivity index (χ4v) is 4.56. The minimum Gasteiger partial charge on any atom is -0.468 e. The van der Waals surface area contributed by atoms with Gasteiger partial charge in [-0.3, -0.25) is 4.79 Å². The summed E-state index contributed by atoms with van der Waals surface area (Å²) in [6.07, 6.45) is 1.47. The molecular formula is C19H14ClN3O4S2. The Kier molecular flexibility index (Phi) is 5.37. The highest BCUT2D eigenvalue weighted by Crippen LogP contribution is 2.26. The largest absolute Gasteiger partial charge is 0.468 e. The molecule has 0 saturated heterocycles. The van der Waals surface area contributed by atoms with Crippen molar-refractivity contribution in [1.29, 1.82) is 0 Å². The highest BCUT2D eigenvalue weighted by molar-refractivity contribution is 7.89. The van der Waals surface area contributed by atoms with Crippen LogP contribution in [-0.4, -0.2) is 18.7 Å². The SMILES string of the molecule is O=C(Nc1ccc(S(=O)(=O)NCc2ccco2)cc1)c1snc2ccc(Cl)cc12. The number of aromatic nitrogens is 1. The van der Waals surface area contributed by atoms with Gasteiger partial charge in [0, 0.05) is 16.1 Å². The van der Waals surface area contributed by atoms with Crippen molar-refractivity contribution in [3.05, 3.63) is 76.5 Å². The molecule has 0 unspecified atom stereocenters. The first-order valence-electron chi connectivity index (χ1n) is 8.41. The lowest BCUT2D eigenvalue weighted by atomic mass is 10.2. The highest BCUT2D eigenvalue weighted by atomic mass is 35.5. The third-order valence-corrected chi connectivity index (χ3v) is 6.61. The number of nitrogens with zero attached hydrogens (tertiary/aromatic N) is 1. The predicted molar refractivity (Wildman–Crippen MR) is 112 cm³/mol. The second kappa shape index (κ2) is 7.96. The van der Waals surface area contributed by atoms with Crippen LogP contribution >= 0.6 is 23.1 Å². The number of rotatable bonds is 6. The molecule has 0 atom stereocenters. The van der Waals surface area contributed by atoms with E-state index in [-0.39, 0.29) is 17.3 Å². The molecule has 2 heterocycles. The quantitative estimate of drug-likeness (QED) is 0.459. The van der Waals surface area contributed by atoms with Gasteiger partial charge in [0.2, 0.25) is 10.0 Å². The minimum atomic E-state index is -3.70. The first-order chi connectivity index (χ1) is 13.9. The van der Waals surface area contributed by atoms with Gasteiger partial charge in [-0.05, 0) is 66.1 Å². The van der Waals surface area contributed by atoms with Crippen molar-refractivity contribution in [2.45, 2.75) is 11.4 Å². The lowest BCUT2D eigenvalue weighted by Gasteiger charge is -2.08. The molecular weight excluding hydrogens is 434 g/mol. The lowest BCUT2D eigenvalue weighted by molar-refractivity contribution is 0.103. The third-order valence-electron chi connectivity index (χ3n) is 4.08. The maximum absolute atomic E-state index is 12.6. The minimum absolute atomic E-state index is 0.0504. The summed E-state index contributed by atoms with van der Waals surface area (Å²) in [7, 11) is -3.70. The van der Waals surface area contributed by atoms with Crippen LogP contribution in [0.1, 0.15) is 15.4 Å². The number of carbonyl (C=O) groups excluding carboxylic acids is 1. The van der Waals surface area contributed by atoms with Gasteiger partial charge in [0.1, 0.15) is 10.6 Å². The van der Waals surface area contributed by atoms with Gasteiger partial charge in [-0.2, -0.15) is 4.37 Å². The van der Waals surface area contributed by atoms with E-state index in [4.69, 9.17) is 16.0 Å². The van der Waals surface area contributed by atoms with Crippen LogP contribution in [0.5, 0.6) is 0 Å². The van der Waals surface area contributed by atoms with Crippen molar-refractivity contribution >= 4 is 55.7 Å². The molecule has 10 heteroatoms. The number of fused-ring (bicyclic) bond motifs is 1. The Bertz CT molecular complexity index is 1270. The molecule has 2 aromatic heterocycles. The summed E-state index contributed by atoms with van der Waals surface area (Å²) in [6.45, 7) is 0.0504. The lowest BCUT2D eigenvalue weighted by Crippen LogP contribution is -2.23. The van der Waals surface area contributed by atoms with Crippen LogP contribution in [0.25, 0.3) is 10.9 Å². The van der Waals surface area contributed by atoms with Gasteiger partial charge >= 0.3 is 0 Å². The van der Waals surface area contributed by atoms with Gasteiger partial charge in [0.05, 0.1) is 23.2 Å². The molecule has 2 N–H and O–H groups in total. The summed E-state index contributed by atoms with van der Waals surface area (Å²) in [5.41, 5.74) is 1.15. The van der Waals surface area contributed by atoms with E-state index < -0.39 is 10.0 Å². The van der Waals surface area contributed by atoms with E-state index in [9.17, 15) is 13.2 Å². The van der Waals surface area contributed by atoms with Crippen LogP contribution in [0.4, 0.5) is 5.69 Å². The van der Waals surface area contributed by atoms with Crippen molar-refractivity contribution in [2.75, 3.05) is 5.32 Å². The Labute approximate surface area is 175 Å². The second-order valence-electron chi connectivity index (χ2n) is 6.06. The topological polar surface area (TPSA) is 101 Å². The van der Waals surface area contributed by atoms with E-state index in [2.05, 4.69) is 14.4 Å². The van der Waals surface area contributed by atoms with Crippen LogP contribution in [0, 0.1) is 0 Å². The molecule has 2 aromatic carbocycles. The maximum atomic E-state index is 12.6. The van der Waals surface area contributed by atoms with E-state index in [0.717, 1.165) is 11.5 Å². The number of halogens is 1. The number of benzene rings is 2. The number of carbonyl (C=O) groups is 1. The molecule has 0 radical (unpaired) electrons. The number of hydrogen-bond donors (Lipinski definition) is 2. The number of furan rings is 1. The van der Waals surface area contributed by atoms with Gasteiger partial charge < -0.3 is 9.73 Å². The number of amides is 1. The molecule has 29 heavy (non-hydrogen) atoms. The van der Waals surface area contributed by atoms with Crippen LogP contribution < -0.4 is 10.0 Å². The highest BCUT2D eigenvalue weighted by Gasteiger charge is 2.17. The number of sulfonamides is 1. The molecule has 0 aliphatic heterocycles. The molecule has 0 saturated carbocycles. The van der Waals surface area contributed by atoms with E-state index in [1.807, 2.05) is 0 Å². The average molecular weight is 448 g/mol. The van der Waals surface area contributed by atoms with Gasteiger partial charge in [-0.25, -0.2) is 13.1 Å². The van der Waals surface area contributed by atoms with Gasteiger partial charge in [0.25, 0.3) is 5.91 Å². The molecule has 148 valence electrons. The Morgan fingerprint density at radius 2 is 1.93 bits per heavy atom. The van der Waals surface area contributed by atoms with Gasteiger partial charge in [0.15, 0.2) is 0 Å². The Hall–Kier alpha value is -2.72. The Morgan fingerprint density at radius 1 is 1.14 bits per heavy atom. The van der Waals surface area contributed by atoms with Gasteiger partial charge in [-0.1, -0.05) is 11.6 Å². The summed E-state index contributed by atoms with van der Waals surface area (Å²) in [5.74, 6) is 0.167. The normalized spacial score (nSPS) is 11.6. The fourth-order valence-electron chi connectivity index (χ4n) is 2.65. The Balaban J connectivity index is 1.47. The van der Waals surface area contributed by atoms with Crippen molar-refractivity contribution < 1.29 is 17.6 Å². The number of anilines is 1. The van der Waals surface area contributed by atoms with E-state index >= 15 is 0 Å². The van der Waals surface area contributed by atoms with E-state index in [0.29, 0.717) is 32.3 Å². The van der Waals surface area contributed by atoms with Crippen LogP contribution in [0.3, 0.4) is 0 Å². The zero-order chi connectivity index (χ0) is 20.4. The van der Waals surface area contributed by atoms with Crippen molar-refractivity contribution in [3.8, 4) is 0 Å². The maximum Gasteiger partial charge on any atom is 0.268 e. The monoisotopic (exact) mass is 447 g/mol. The number of nitrogens with one attached hydrogen (secondary N) is 2. The molecule has 0 fully saturated rings. The van der Waals surface area contributed by atoms with Crippen molar-refractivity contribution in [3.63, 3.8) is 0 Å². The first kappa shape index (κ1) is 19.6. The number of hydrogen-bond acceptors (Lipinski definition) is 6. The third kappa shape index (κ3) is 4.33. The smallest absolute Gasteiger partial charge is 0.268 e. The summed E-state index contributed by atoms with van der Waals surface area (Å²) in [6, 6.07) is 14.4. The standard InChI is InChI=1S/C19H14ClN3O4S2/c20-12-3-8-17-16(10-12)18(28-23-17)19(24)22-13-4-6-15(7-5-13)29(25,26)21-11-14-2-1-9-27-14/h1-10,21H,11H2,(H,22,24). The van der Waals surface area contributed by atoms with E-state index in [1.54, 1.807) is 30.3 Å². The molecule has 0 bridgehead atoms. The van der Waals surface area contributed by atoms with Crippen LogP contribution in [0.2, 0.25) is 5.02 Å². The molecule has 1 amide bonds. The van der Waals surface area contributed by atoms with Crippen LogP contribution in [-0.2, 0) is 16.6 Å². The first-order valence-corrected chi connectivity index (χ1v) is 11.0. The fraction of sp³-hybridized carbons (Fsp3) is 0.0526. The Morgan fingerprint density at radius 3 is 2.66 bits per heavy atom. The summed E-state index contributed by atoms with van der Waals surface area (Å²) in [4.78, 5) is 13.1. The summed E-state index contributed by atoms with van der Waals surface area (Å²) >= 11 is 7.08. The van der Waals surface area contributed by atoms with Crippen LogP contribution in [0.15, 0.2) is 70.2 Å². The van der Waals surface area contributed by atoms with E-state index in [1.165, 1.54) is 30.5 Å². The average Bonchev–Trinajstić information content (AvgIpc) is 3.36. The molecule has 0 spiro atoms. The zero-order valence-electron chi connectivity index (χ0n) is 14.8.